The van der Waals surface area contributed by atoms with E-state index in [0.717, 1.165) is 12.7 Å². The van der Waals surface area contributed by atoms with E-state index < -0.39 is 47.9 Å². The molecule has 0 unspecified atom stereocenters. The number of rotatable bonds is 9. The molecule has 33 heavy (non-hydrogen) atoms. The Morgan fingerprint density at radius 2 is 1.45 bits per heavy atom. The fourth-order valence-corrected chi connectivity index (χ4v) is 2.64. The topological polar surface area (TPSA) is 129 Å². The molecule has 1 aromatic carbocycles. The third-order valence-corrected chi connectivity index (χ3v) is 4.31. The van der Waals surface area contributed by atoms with Gasteiger partial charge in [-0.05, 0) is 39.2 Å². The average Bonchev–Trinajstić information content (AvgIpc) is 2.72. The van der Waals surface area contributed by atoms with Gasteiger partial charge >= 0.3 is 24.1 Å². The minimum atomic E-state index is -1.32. The lowest BCUT2D eigenvalue weighted by Crippen LogP contribution is -2.53. The van der Waals surface area contributed by atoms with E-state index in [1.54, 1.807) is 58.9 Å². The van der Waals surface area contributed by atoms with E-state index >= 15 is 0 Å². The minimum absolute atomic E-state index is 0.00995. The average molecular weight is 467 g/mol. The van der Waals surface area contributed by atoms with E-state index in [0.29, 0.717) is 0 Å². The Labute approximate surface area is 194 Å². The van der Waals surface area contributed by atoms with Gasteiger partial charge in [0.15, 0.2) is 6.04 Å². The first-order chi connectivity index (χ1) is 15.3. The zero-order valence-electron chi connectivity index (χ0n) is 20.2. The third-order valence-electron chi connectivity index (χ3n) is 4.31. The first-order valence-electron chi connectivity index (χ1n) is 10.6. The van der Waals surface area contributed by atoms with Gasteiger partial charge in [0.05, 0.1) is 7.11 Å². The lowest BCUT2D eigenvalue weighted by Gasteiger charge is -2.27. The van der Waals surface area contributed by atoms with Gasteiger partial charge in [-0.1, -0.05) is 44.2 Å². The van der Waals surface area contributed by atoms with E-state index in [-0.39, 0.29) is 12.5 Å². The predicted molar refractivity (Wildman–Crippen MR) is 119 cm³/mol. The molecule has 0 aliphatic rings. The van der Waals surface area contributed by atoms with Crippen molar-refractivity contribution in [2.75, 3.05) is 7.11 Å². The Morgan fingerprint density at radius 3 is 1.97 bits per heavy atom. The molecule has 0 spiro atoms. The van der Waals surface area contributed by atoms with Crippen molar-refractivity contribution in [3.63, 3.8) is 0 Å². The number of alkyl carbamates (subject to hydrolysis) is 2. The zero-order chi connectivity index (χ0) is 25.2. The first-order valence-corrected chi connectivity index (χ1v) is 10.6. The van der Waals surface area contributed by atoms with Gasteiger partial charge in [-0.15, -0.1) is 0 Å². The van der Waals surface area contributed by atoms with Crippen LogP contribution in [0.4, 0.5) is 9.59 Å². The Bertz CT molecular complexity index is 804. The summed E-state index contributed by atoms with van der Waals surface area (Å²) < 4.78 is 20.4. The molecule has 2 N–H and O–H groups in total. The van der Waals surface area contributed by atoms with E-state index in [4.69, 9.17) is 18.9 Å². The van der Waals surface area contributed by atoms with Crippen LogP contribution in [0.1, 0.15) is 47.1 Å². The van der Waals surface area contributed by atoms with Crippen LogP contribution in [0.3, 0.4) is 0 Å². The highest BCUT2D eigenvalue weighted by Crippen LogP contribution is 2.12. The number of hydrogen-bond acceptors (Lipinski definition) is 8. The van der Waals surface area contributed by atoms with Crippen LogP contribution >= 0.6 is 0 Å². The largest absolute Gasteiger partial charge is 0.467 e. The molecule has 0 radical (unpaired) electrons. The Hall–Kier alpha value is -3.30. The highest BCUT2D eigenvalue weighted by Gasteiger charge is 2.35. The molecule has 1 aromatic rings. The van der Waals surface area contributed by atoms with Gasteiger partial charge in [0.25, 0.3) is 0 Å². The number of amides is 2. The number of nitrogens with one attached hydrogen (secondary N) is 2. The van der Waals surface area contributed by atoms with Crippen LogP contribution in [0.15, 0.2) is 30.3 Å². The minimum Gasteiger partial charge on any atom is -0.467 e. The van der Waals surface area contributed by atoms with Gasteiger partial charge in [-0.25, -0.2) is 19.2 Å². The van der Waals surface area contributed by atoms with Crippen LogP contribution in [-0.4, -0.2) is 55.0 Å². The standard InChI is InChI=1S/C23H34N2O8/c1-14(2)17(24-22(29)33-23(4,5)6)20(27)32-15(3)18(19(26)30-7)25-21(28)31-13-16-11-9-8-10-12-16/h8-12,14-15,17-18H,13H2,1-7H3,(H,24,29)(H,25,28)/t15-,17+,18+/m1/s1. The summed E-state index contributed by atoms with van der Waals surface area (Å²) in [6, 6.07) is 6.62. The number of benzene rings is 1. The van der Waals surface area contributed by atoms with E-state index in [1.165, 1.54) is 6.92 Å². The zero-order valence-corrected chi connectivity index (χ0v) is 20.2. The molecule has 0 aliphatic carbocycles. The monoisotopic (exact) mass is 466 g/mol. The summed E-state index contributed by atoms with van der Waals surface area (Å²) >= 11 is 0. The number of methoxy groups -OCH3 is 1. The van der Waals surface area contributed by atoms with E-state index in [2.05, 4.69) is 10.6 Å². The van der Waals surface area contributed by atoms with Crippen molar-refractivity contribution < 1.29 is 38.1 Å². The molecule has 1 rings (SSSR count). The van der Waals surface area contributed by atoms with Crippen molar-refractivity contribution in [1.29, 1.82) is 0 Å². The summed E-state index contributed by atoms with van der Waals surface area (Å²) in [4.78, 5) is 49.2. The molecule has 0 aromatic heterocycles. The van der Waals surface area contributed by atoms with Crippen LogP contribution < -0.4 is 10.6 Å². The van der Waals surface area contributed by atoms with Crippen molar-refractivity contribution >= 4 is 24.1 Å². The van der Waals surface area contributed by atoms with E-state index in [1.807, 2.05) is 6.07 Å². The van der Waals surface area contributed by atoms with Crippen molar-refractivity contribution in [3.05, 3.63) is 35.9 Å². The molecular formula is C23H34N2O8. The molecule has 2 amide bonds. The molecule has 10 nitrogen and oxygen atoms in total. The van der Waals surface area contributed by atoms with Gasteiger partial charge < -0.3 is 29.6 Å². The molecule has 0 heterocycles. The summed E-state index contributed by atoms with van der Waals surface area (Å²) in [5.41, 5.74) is 0.0118. The third kappa shape index (κ3) is 10.2. The Morgan fingerprint density at radius 1 is 0.879 bits per heavy atom. The summed E-state index contributed by atoms with van der Waals surface area (Å²) in [7, 11) is 1.14. The second kappa shape index (κ2) is 12.7. The quantitative estimate of drug-likeness (QED) is 0.420. The number of esters is 2. The predicted octanol–water partition coefficient (Wildman–Crippen LogP) is 2.94. The van der Waals surface area contributed by atoms with Crippen molar-refractivity contribution in [2.24, 2.45) is 5.92 Å². The summed E-state index contributed by atoms with van der Waals surface area (Å²) in [6.45, 7) is 9.92. The Kier molecular flexibility index (Phi) is 10.6. The fraction of sp³-hybridized carbons (Fsp3) is 0.565. The molecule has 0 bridgehead atoms. The molecule has 0 aliphatic heterocycles. The van der Waals surface area contributed by atoms with Crippen LogP contribution in [-0.2, 0) is 35.1 Å². The Balaban J connectivity index is 2.79. The van der Waals surface area contributed by atoms with Gasteiger partial charge in [0, 0.05) is 0 Å². The maximum atomic E-state index is 12.7. The molecule has 0 saturated carbocycles. The smallest absolute Gasteiger partial charge is 0.408 e. The first kappa shape index (κ1) is 27.7. The second-order valence-corrected chi connectivity index (χ2v) is 8.72. The van der Waals surface area contributed by atoms with Gasteiger partial charge in [0.1, 0.15) is 24.4 Å². The normalized spacial score (nSPS) is 13.8. The highest BCUT2D eigenvalue weighted by molar-refractivity contribution is 5.84. The summed E-state index contributed by atoms with van der Waals surface area (Å²) in [5, 5.41) is 4.83. The number of ether oxygens (including phenoxy) is 4. The lowest BCUT2D eigenvalue weighted by molar-refractivity contribution is -0.158. The van der Waals surface area contributed by atoms with Crippen molar-refractivity contribution in [3.8, 4) is 0 Å². The molecular weight excluding hydrogens is 432 g/mol. The van der Waals surface area contributed by atoms with Crippen molar-refractivity contribution in [2.45, 2.75) is 71.9 Å². The number of hydrogen-bond donors (Lipinski definition) is 2. The fourth-order valence-electron chi connectivity index (χ4n) is 2.64. The number of carbonyl (C=O) groups is 4. The number of carbonyl (C=O) groups excluding carboxylic acids is 4. The van der Waals surface area contributed by atoms with Crippen LogP contribution in [0, 0.1) is 5.92 Å². The summed E-state index contributed by atoms with van der Waals surface area (Å²) in [6.07, 6.45) is -2.78. The van der Waals surface area contributed by atoms with Gasteiger partial charge in [-0.2, -0.15) is 0 Å². The molecule has 0 fully saturated rings. The maximum absolute atomic E-state index is 12.7. The van der Waals surface area contributed by atoms with Crippen LogP contribution in [0.25, 0.3) is 0 Å². The second-order valence-electron chi connectivity index (χ2n) is 8.72. The molecule has 184 valence electrons. The summed E-state index contributed by atoms with van der Waals surface area (Å²) in [5.74, 6) is -1.96. The lowest BCUT2D eigenvalue weighted by atomic mass is 10.0. The SMILES string of the molecule is COC(=O)[C@@H](NC(=O)OCc1ccccc1)[C@@H](C)OC(=O)[C@@H](NC(=O)OC(C)(C)C)C(C)C. The highest BCUT2D eigenvalue weighted by atomic mass is 16.6. The maximum Gasteiger partial charge on any atom is 0.408 e. The van der Waals surface area contributed by atoms with Crippen molar-refractivity contribution in [1.82, 2.24) is 10.6 Å². The van der Waals surface area contributed by atoms with Crippen LogP contribution in [0.5, 0.6) is 0 Å². The van der Waals surface area contributed by atoms with Gasteiger partial charge in [0.2, 0.25) is 0 Å². The molecule has 0 saturated heterocycles. The molecule has 3 atom stereocenters. The molecule has 10 heteroatoms. The van der Waals surface area contributed by atoms with E-state index in [9.17, 15) is 19.2 Å². The van der Waals surface area contributed by atoms with Gasteiger partial charge in [-0.3, -0.25) is 0 Å². The van der Waals surface area contributed by atoms with Crippen LogP contribution in [0.2, 0.25) is 0 Å².